The molecular weight excluding hydrogens is 238 g/mol. The topological polar surface area (TPSA) is 22.3 Å². The number of aromatic nitrogens is 1. The van der Waals surface area contributed by atoms with E-state index in [0.29, 0.717) is 0 Å². The molecule has 96 valence electrons. The van der Waals surface area contributed by atoms with Gasteiger partial charge in [-0.25, -0.2) is 4.57 Å². The van der Waals surface area contributed by atoms with Crippen molar-refractivity contribution in [2.75, 3.05) is 14.2 Å². The van der Waals surface area contributed by atoms with E-state index in [9.17, 15) is 0 Å². The highest BCUT2D eigenvalue weighted by molar-refractivity contribution is 6.01. The molecule has 0 radical (unpaired) electrons. The maximum atomic E-state index is 5.50. The normalized spacial score (nSPS) is 10.9. The first-order chi connectivity index (χ1) is 9.22. The van der Waals surface area contributed by atoms with Crippen molar-refractivity contribution in [2.45, 2.75) is 0 Å². The highest BCUT2D eigenvalue weighted by atomic mass is 16.5. The summed E-state index contributed by atoms with van der Waals surface area (Å²) >= 11 is 0. The van der Waals surface area contributed by atoms with Crippen molar-refractivity contribution >= 4 is 21.5 Å². The molecule has 3 aromatic rings. The minimum atomic E-state index is 0.759. The van der Waals surface area contributed by atoms with Gasteiger partial charge in [0.15, 0.2) is 23.9 Å². The smallest absolute Gasteiger partial charge is 0.176 e. The maximum absolute atomic E-state index is 5.50. The number of hydrogen-bond acceptors (Lipinski definition) is 2. The molecule has 0 bridgehead atoms. The summed E-state index contributed by atoms with van der Waals surface area (Å²) in [5.41, 5.74) is 0. The third-order valence-electron chi connectivity index (χ3n) is 3.39. The van der Waals surface area contributed by atoms with E-state index in [1.165, 1.54) is 10.8 Å². The van der Waals surface area contributed by atoms with Crippen LogP contribution in [0.3, 0.4) is 0 Å². The third-order valence-corrected chi connectivity index (χ3v) is 3.39. The van der Waals surface area contributed by atoms with Crippen molar-refractivity contribution in [3.63, 3.8) is 0 Å². The number of benzene rings is 2. The third kappa shape index (κ3) is 1.87. The second kappa shape index (κ2) is 4.43. The lowest BCUT2D eigenvalue weighted by atomic mass is 10.0. The van der Waals surface area contributed by atoms with Crippen LogP contribution in [0.15, 0.2) is 42.7 Å². The molecule has 0 fully saturated rings. The zero-order valence-electron chi connectivity index (χ0n) is 11.3. The minimum Gasteiger partial charge on any atom is -0.493 e. The molecule has 2 aromatic carbocycles. The van der Waals surface area contributed by atoms with Gasteiger partial charge in [-0.1, -0.05) is 6.07 Å². The summed E-state index contributed by atoms with van der Waals surface area (Å²) in [5, 5.41) is 4.63. The van der Waals surface area contributed by atoms with Crippen LogP contribution in [0, 0.1) is 0 Å². The predicted octanol–water partition coefficient (Wildman–Crippen LogP) is 2.83. The molecule has 3 rings (SSSR count). The Labute approximate surface area is 112 Å². The van der Waals surface area contributed by atoms with Crippen LogP contribution >= 0.6 is 0 Å². The van der Waals surface area contributed by atoms with Gasteiger partial charge in [0, 0.05) is 16.8 Å². The second-order valence-electron chi connectivity index (χ2n) is 4.61. The van der Waals surface area contributed by atoms with Gasteiger partial charge >= 0.3 is 0 Å². The zero-order valence-corrected chi connectivity index (χ0v) is 11.3. The Bertz CT molecular complexity index is 765. The molecule has 0 saturated heterocycles. The number of pyridine rings is 1. The minimum absolute atomic E-state index is 0.759. The number of rotatable bonds is 2. The Morgan fingerprint density at radius 1 is 0.895 bits per heavy atom. The predicted molar refractivity (Wildman–Crippen MR) is 75.7 cm³/mol. The Morgan fingerprint density at radius 3 is 2.47 bits per heavy atom. The zero-order chi connectivity index (χ0) is 13.4. The Hall–Kier alpha value is -2.29. The highest BCUT2D eigenvalue weighted by Crippen LogP contribution is 2.36. The first kappa shape index (κ1) is 11.8. The number of ether oxygens (including phenoxy) is 2. The molecule has 19 heavy (non-hydrogen) atoms. The average molecular weight is 254 g/mol. The lowest BCUT2D eigenvalue weighted by Crippen LogP contribution is -2.25. The van der Waals surface area contributed by atoms with E-state index in [1.807, 2.05) is 17.7 Å². The highest BCUT2D eigenvalue weighted by Gasteiger charge is 2.10. The molecule has 0 aliphatic carbocycles. The van der Waals surface area contributed by atoms with Crippen LogP contribution in [0.4, 0.5) is 0 Å². The molecule has 0 aliphatic rings. The van der Waals surface area contributed by atoms with E-state index in [-0.39, 0.29) is 0 Å². The molecule has 1 aromatic heterocycles. The number of fused-ring (bicyclic) bond motifs is 2. The van der Waals surface area contributed by atoms with Gasteiger partial charge in [-0.15, -0.1) is 0 Å². The first-order valence-electron chi connectivity index (χ1n) is 6.16. The van der Waals surface area contributed by atoms with Gasteiger partial charge in [0.25, 0.3) is 0 Å². The van der Waals surface area contributed by atoms with Crippen molar-refractivity contribution < 1.29 is 14.0 Å². The molecule has 0 atom stereocenters. The van der Waals surface area contributed by atoms with Crippen LogP contribution in [0.5, 0.6) is 11.5 Å². The van der Waals surface area contributed by atoms with Crippen molar-refractivity contribution in [1.82, 2.24) is 0 Å². The quantitative estimate of drug-likeness (QED) is 0.518. The maximum Gasteiger partial charge on any atom is 0.176 e. The summed E-state index contributed by atoms with van der Waals surface area (Å²) in [6.07, 6.45) is 4.16. The van der Waals surface area contributed by atoms with E-state index in [0.717, 1.165) is 22.3 Å². The fourth-order valence-electron chi connectivity index (χ4n) is 2.45. The summed E-state index contributed by atoms with van der Waals surface area (Å²) < 4.78 is 12.9. The molecule has 0 spiro atoms. The lowest BCUT2D eigenvalue weighted by molar-refractivity contribution is -0.670. The average Bonchev–Trinajstić information content (AvgIpc) is 2.43. The molecule has 3 heteroatoms. The van der Waals surface area contributed by atoms with Gasteiger partial charge in [-0.05, 0) is 29.0 Å². The van der Waals surface area contributed by atoms with Crippen LogP contribution in [-0.2, 0) is 7.05 Å². The van der Waals surface area contributed by atoms with E-state index in [1.54, 1.807) is 14.2 Å². The first-order valence-corrected chi connectivity index (χ1v) is 6.16. The van der Waals surface area contributed by atoms with Gasteiger partial charge in [0.05, 0.1) is 14.2 Å². The Morgan fingerprint density at radius 2 is 1.74 bits per heavy atom. The molecule has 0 saturated carbocycles. The van der Waals surface area contributed by atoms with Gasteiger partial charge in [-0.3, -0.25) is 0 Å². The SMILES string of the molecule is COc1ccc2cc3cc[n+](C)cc3cc2c1OC. The van der Waals surface area contributed by atoms with Crippen LogP contribution in [0.1, 0.15) is 0 Å². The van der Waals surface area contributed by atoms with E-state index in [2.05, 4.69) is 36.7 Å². The number of nitrogens with zero attached hydrogens (tertiary/aromatic N) is 1. The van der Waals surface area contributed by atoms with Gasteiger partial charge in [0.1, 0.15) is 7.05 Å². The fraction of sp³-hybridized carbons (Fsp3) is 0.188. The standard InChI is InChI=1S/C16H16NO2/c1-17-7-6-11-8-12-4-5-15(18-2)16(19-3)14(12)9-13(11)10-17/h4-10H,1-3H3/q+1. The monoisotopic (exact) mass is 254 g/mol. The Kier molecular flexibility index (Phi) is 2.75. The van der Waals surface area contributed by atoms with Gasteiger partial charge < -0.3 is 9.47 Å². The van der Waals surface area contributed by atoms with E-state index in [4.69, 9.17) is 9.47 Å². The van der Waals surface area contributed by atoms with Crippen molar-refractivity contribution in [3.8, 4) is 11.5 Å². The van der Waals surface area contributed by atoms with Gasteiger partial charge in [0.2, 0.25) is 0 Å². The molecule has 0 aliphatic heterocycles. The summed E-state index contributed by atoms with van der Waals surface area (Å²) in [4.78, 5) is 0. The summed E-state index contributed by atoms with van der Waals surface area (Å²) in [6, 6.07) is 10.4. The fourth-order valence-corrected chi connectivity index (χ4v) is 2.45. The summed E-state index contributed by atoms with van der Waals surface area (Å²) in [6.45, 7) is 0. The molecular formula is C16H16NO2+. The van der Waals surface area contributed by atoms with E-state index >= 15 is 0 Å². The van der Waals surface area contributed by atoms with Crippen molar-refractivity contribution in [1.29, 1.82) is 0 Å². The number of methoxy groups -OCH3 is 2. The van der Waals surface area contributed by atoms with Crippen LogP contribution in [-0.4, -0.2) is 14.2 Å². The van der Waals surface area contributed by atoms with Crippen molar-refractivity contribution in [2.24, 2.45) is 7.05 Å². The molecule has 0 unspecified atom stereocenters. The molecule has 0 N–H and O–H groups in total. The Balaban J connectivity index is 2.41. The van der Waals surface area contributed by atoms with Crippen LogP contribution in [0.2, 0.25) is 0 Å². The van der Waals surface area contributed by atoms with Gasteiger partial charge in [-0.2, -0.15) is 0 Å². The molecule has 0 amide bonds. The van der Waals surface area contributed by atoms with E-state index < -0.39 is 0 Å². The molecule has 3 nitrogen and oxygen atoms in total. The number of hydrogen-bond donors (Lipinski definition) is 0. The van der Waals surface area contributed by atoms with Crippen LogP contribution in [0.25, 0.3) is 21.5 Å². The van der Waals surface area contributed by atoms with Crippen LogP contribution < -0.4 is 14.0 Å². The van der Waals surface area contributed by atoms with Crippen molar-refractivity contribution in [3.05, 3.63) is 42.7 Å². The summed E-state index contributed by atoms with van der Waals surface area (Å²) in [7, 11) is 5.35. The molecule has 1 heterocycles. The number of aryl methyl sites for hydroxylation is 1. The lowest BCUT2D eigenvalue weighted by Gasteiger charge is -2.11. The second-order valence-corrected chi connectivity index (χ2v) is 4.61. The largest absolute Gasteiger partial charge is 0.493 e. The summed E-state index contributed by atoms with van der Waals surface area (Å²) in [5.74, 6) is 1.54.